The second kappa shape index (κ2) is 5.30. The summed E-state index contributed by atoms with van der Waals surface area (Å²) in [6.07, 6.45) is 0. The van der Waals surface area contributed by atoms with Crippen molar-refractivity contribution in [2.75, 3.05) is 6.54 Å². The minimum absolute atomic E-state index is 0.131. The molecule has 0 saturated heterocycles. The average Bonchev–Trinajstić information content (AvgIpc) is 2.25. The maximum absolute atomic E-state index is 12.4. The molecule has 92 valence electrons. The highest BCUT2D eigenvalue weighted by atomic mass is 32.2. The van der Waals surface area contributed by atoms with Gasteiger partial charge in [0.25, 0.3) is 0 Å². The number of rotatable bonds is 4. The average molecular weight is 252 g/mol. The van der Waals surface area contributed by atoms with Crippen LogP contribution in [0, 0.1) is 18.3 Å². The Morgan fingerprint density at radius 3 is 2.41 bits per heavy atom. The molecule has 0 radical (unpaired) electrons. The van der Waals surface area contributed by atoms with Gasteiger partial charge < -0.3 is 0 Å². The van der Waals surface area contributed by atoms with Crippen molar-refractivity contribution in [1.82, 2.24) is 4.31 Å². The molecule has 1 rings (SSSR count). The maximum Gasteiger partial charge on any atom is 0.244 e. The highest BCUT2D eigenvalue weighted by Gasteiger charge is 2.27. The normalized spacial score (nSPS) is 11.8. The lowest BCUT2D eigenvalue weighted by Crippen LogP contribution is -2.37. The Hall–Kier alpha value is -1.38. The summed E-state index contributed by atoms with van der Waals surface area (Å²) in [5.41, 5.74) is 0.691. The van der Waals surface area contributed by atoms with Gasteiger partial charge in [-0.3, -0.25) is 0 Å². The van der Waals surface area contributed by atoms with Crippen molar-refractivity contribution in [1.29, 1.82) is 5.26 Å². The fourth-order valence-corrected chi connectivity index (χ4v) is 3.35. The Morgan fingerprint density at radius 2 is 1.94 bits per heavy atom. The van der Waals surface area contributed by atoms with Gasteiger partial charge in [0, 0.05) is 6.04 Å². The van der Waals surface area contributed by atoms with Crippen molar-refractivity contribution in [2.45, 2.75) is 31.7 Å². The van der Waals surface area contributed by atoms with Gasteiger partial charge in [-0.25, -0.2) is 8.42 Å². The van der Waals surface area contributed by atoms with Crippen LogP contribution in [-0.2, 0) is 10.0 Å². The molecule has 0 aliphatic rings. The first-order chi connectivity index (χ1) is 7.91. The molecule has 4 nitrogen and oxygen atoms in total. The quantitative estimate of drug-likeness (QED) is 0.769. The molecule has 0 aliphatic heterocycles. The standard InChI is InChI=1S/C12H16N2O2S/c1-10(2)14(9-8-13)17(15,16)12-7-5-4-6-11(12)3/h4-7,10H,9H2,1-3H3. The van der Waals surface area contributed by atoms with Gasteiger partial charge >= 0.3 is 0 Å². The van der Waals surface area contributed by atoms with Gasteiger partial charge in [-0.15, -0.1) is 0 Å². The van der Waals surface area contributed by atoms with E-state index in [2.05, 4.69) is 0 Å². The maximum atomic E-state index is 12.4. The lowest BCUT2D eigenvalue weighted by molar-refractivity contribution is 0.385. The number of hydrogen-bond acceptors (Lipinski definition) is 3. The molecular formula is C12H16N2O2S. The van der Waals surface area contributed by atoms with Crippen LogP contribution in [0.2, 0.25) is 0 Å². The predicted octanol–water partition coefficient (Wildman–Crippen LogP) is 1.92. The third kappa shape index (κ3) is 2.84. The Bertz CT molecular complexity index is 530. The summed E-state index contributed by atoms with van der Waals surface area (Å²) in [7, 11) is -3.58. The molecule has 0 spiro atoms. The van der Waals surface area contributed by atoms with E-state index < -0.39 is 10.0 Å². The summed E-state index contributed by atoms with van der Waals surface area (Å²) in [5.74, 6) is 0. The van der Waals surface area contributed by atoms with E-state index in [0.717, 1.165) is 0 Å². The third-order valence-electron chi connectivity index (χ3n) is 2.48. The summed E-state index contributed by atoms with van der Waals surface area (Å²) in [6.45, 7) is 5.13. The van der Waals surface area contributed by atoms with Crippen LogP contribution in [0.4, 0.5) is 0 Å². The lowest BCUT2D eigenvalue weighted by Gasteiger charge is -2.23. The van der Waals surface area contributed by atoms with Crippen LogP contribution in [0.25, 0.3) is 0 Å². The van der Waals surface area contributed by atoms with E-state index in [1.807, 2.05) is 6.07 Å². The van der Waals surface area contributed by atoms with E-state index in [1.165, 1.54) is 4.31 Å². The van der Waals surface area contributed by atoms with Crippen molar-refractivity contribution < 1.29 is 8.42 Å². The zero-order valence-electron chi connectivity index (χ0n) is 10.2. The lowest BCUT2D eigenvalue weighted by atomic mass is 10.2. The Morgan fingerprint density at radius 1 is 1.35 bits per heavy atom. The van der Waals surface area contributed by atoms with E-state index >= 15 is 0 Å². The molecule has 0 fully saturated rings. The van der Waals surface area contributed by atoms with Crippen LogP contribution in [-0.4, -0.2) is 25.3 Å². The molecule has 0 heterocycles. The van der Waals surface area contributed by atoms with Crippen LogP contribution in [0.15, 0.2) is 29.2 Å². The summed E-state index contributed by atoms with van der Waals surface area (Å²) in [4.78, 5) is 0.268. The molecule has 0 unspecified atom stereocenters. The van der Waals surface area contributed by atoms with Crippen molar-refractivity contribution in [2.24, 2.45) is 0 Å². The molecular weight excluding hydrogens is 236 g/mol. The summed E-state index contributed by atoms with van der Waals surface area (Å²) in [5, 5.41) is 8.71. The van der Waals surface area contributed by atoms with E-state index in [4.69, 9.17) is 5.26 Å². The van der Waals surface area contributed by atoms with Crippen molar-refractivity contribution >= 4 is 10.0 Å². The summed E-state index contributed by atoms with van der Waals surface area (Å²) < 4.78 is 25.9. The van der Waals surface area contributed by atoms with Crippen LogP contribution >= 0.6 is 0 Å². The number of sulfonamides is 1. The van der Waals surface area contributed by atoms with E-state index in [-0.39, 0.29) is 17.5 Å². The fraction of sp³-hybridized carbons (Fsp3) is 0.417. The number of nitrogens with zero attached hydrogens (tertiary/aromatic N) is 2. The van der Waals surface area contributed by atoms with Crippen LogP contribution < -0.4 is 0 Å². The molecule has 17 heavy (non-hydrogen) atoms. The van der Waals surface area contributed by atoms with Crippen molar-refractivity contribution in [3.63, 3.8) is 0 Å². The zero-order valence-corrected chi connectivity index (χ0v) is 11.0. The first-order valence-corrected chi connectivity index (χ1v) is 6.79. The van der Waals surface area contributed by atoms with E-state index in [1.54, 1.807) is 45.0 Å². The van der Waals surface area contributed by atoms with E-state index in [9.17, 15) is 8.42 Å². The molecule has 0 N–H and O–H groups in total. The fourth-order valence-electron chi connectivity index (χ4n) is 1.59. The molecule has 0 saturated carbocycles. The van der Waals surface area contributed by atoms with Crippen LogP contribution in [0.1, 0.15) is 19.4 Å². The van der Waals surface area contributed by atoms with E-state index in [0.29, 0.717) is 5.56 Å². The highest BCUT2D eigenvalue weighted by Crippen LogP contribution is 2.20. The van der Waals surface area contributed by atoms with Gasteiger partial charge in [-0.05, 0) is 32.4 Å². The Balaban J connectivity index is 3.28. The van der Waals surface area contributed by atoms with Gasteiger partial charge in [-0.2, -0.15) is 9.57 Å². The minimum atomic E-state index is -3.58. The molecule has 0 aromatic heterocycles. The Labute approximate surface area is 103 Å². The molecule has 0 amide bonds. The molecule has 1 aromatic carbocycles. The topological polar surface area (TPSA) is 61.2 Å². The number of benzene rings is 1. The number of nitriles is 1. The van der Waals surface area contributed by atoms with Gasteiger partial charge in [0.15, 0.2) is 0 Å². The SMILES string of the molecule is Cc1ccccc1S(=O)(=O)N(CC#N)C(C)C. The second-order valence-electron chi connectivity index (χ2n) is 4.07. The first-order valence-electron chi connectivity index (χ1n) is 5.35. The summed E-state index contributed by atoms with van der Waals surface area (Å²) >= 11 is 0. The summed E-state index contributed by atoms with van der Waals surface area (Å²) in [6, 6.07) is 8.44. The molecule has 0 atom stereocenters. The van der Waals surface area contributed by atoms with Crippen LogP contribution in [0.3, 0.4) is 0 Å². The predicted molar refractivity (Wildman–Crippen MR) is 65.8 cm³/mol. The largest absolute Gasteiger partial charge is 0.244 e. The molecule has 1 aromatic rings. The van der Waals surface area contributed by atoms with Gasteiger partial charge in [0.2, 0.25) is 10.0 Å². The number of aryl methyl sites for hydroxylation is 1. The number of hydrogen-bond donors (Lipinski definition) is 0. The van der Waals surface area contributed by atoms with Gasteiger partial charge in [0.1, 0.15) is 6.54 Å². The highest BCUT2D eigenvalue weighted by molar-refractivity contribution is 7.89. The van der Waals surface area contributed by atoms with Crippen molar-refractivity contribution in [3.05, 3.63) is 29.8 Å². The zero-order chi connectivity index (χ0) is 13.1. The van der Waals surface area contributed by atoms with Gasteiger partial charge in [0.05, 0.1) is 11.0 Å². The third-order valence-corrected chi connectivity index (χ3v) is 4.66. The first kappa shape index (κ1) is 13.7. The molecule has 0 bridgehead atoms. The molecule has 0 aliphatic carbocycles. The Kier molecular flexibility index (Phi) is 4.27. The second-order valence-corrected chi connectivity index (χ2v) is 5.93. The van der Waals surface area contributed by atoms with Crippen LogP contribution in [0.5, 0.6) is 0 Å². The smallest absolute Gasteiger partial charge is 0.207 e. The monoisotopic (exact) mass is 252 g/mol. The minimum Gasteiger partial charge on any atom is -0.207 e. The van der Waals surface area contributed by atoms with Gasteiger partial charge in [-0.1, -0.05) is 18.2 Å². The molecule has 5 heteroatoms. The van der Waals surface area contributed by atoms with Crippen molar-refractivity contribution in [3.8, 4) is 6.07 Å².